The molecule has 0 radical (unpaired) electrons. The number of rotatable bonds is 9. The van der Waals surface area contributed by atoms with Gasteiger partial charge in [0.1, 0.15) is 0 Å². The molecule has 0 saturated carbocycles. The number of carbonyl (C=O) groups excluding carboxylic acids is 1. The van der Waals surface area contributed by atoms with Crippen LogP contribution in [0.1, 0.15) is 10.4 Å². The highest BCUT2D eigenvalue weighted by atomic mass is 32.2. The van der Waals surface area contributed by atoms with Gasteiger partial charge in [-0.05, 0) is 42.5 Å². The van der Waals surface area contributed by atoms with Crippen molar-refractivity contribution in [1.29, 1.82) is 0 Å². The Kier molecular flexibility index (Phi) is 8.14. The number of nitro benzene ring substituents is 1. The van der Waals surface area contributed by atoms with Crippen molar-refractivity contribution in [2.75, 3.05) is 18.4 Å². The molecule has 0 bridgehead atoms. The van der Waals surface area contributed by atoms with E-state index in [1.165, 1.54) is 58.9 Å². The molecule has 0 aliphatic rings. The third-order valence-electron chi connectivity index (χ3n) is 3.96. The van der Waals surface area contributed by atoms with Crippen LogP contribution in [0.15, 0.2) is 78.7 Å². The van der Waals surface area contributed by atoms with E-state index in [0.717, 1.165) is 6.07 Å². The molecule has 0 unspecified atom stereocenters. The molecule has 0 aromatic heterocycles. The van der Waals surface area contributed by atoms with Gasteiger partial charge in [0.2, 0.25) is 10.0 Å². The Morgan fingerprint density at radius 3 is 2.29 bits per heavy atom. The van der Waals surface area contributed by atoms with E-state index in [9.17, 15) is 23.3 Å². The summed E-state index contributed by atoms with van der Waals surface area (Å²) in [6.45, 7) is 7.41. The van der Waals surface area contributed by atoms with E-state index >= 15 is 0 Å². The van der Waals surface area contributed by atoms with E-state index in [4.69, 9.17) is 12.2 Å². The number of nitrogens with one attached hydrogen (secondary N) is 2. The molecule has 0 fully saturated rings. The quantitative estimate of drug-likeness (QED) is 0.255. The van der Waals surface area contributed by atoms with Gasteiger partial charge < -0.3 is 5.32 Å². The van der Waals surface area contributed by atoms with Gasteiger partial charge in [0.25, 0.3) is 11.6 Å². The molecule has 2 rings (SSSR count). The summed E-state index contributed by atoms with van der Waals surface area (Å²) >= 11 is 5.09. The average molecular weight is 461 g/mol. The molecule has 0 saturated heterocycles. The smallest absolute Gasteiger partial charge is 0.270 e. The molecule has 31 heavy (non-hydrogen) atoms. The molecule has 2 N–H and O–H groups in total. The maximum absolute atomic E-state index is 12.7. The largest absolute Gasteiger partial charge is 0.332 e. The minimum absolute atomic E-state index is 0.0490. The molecule has 2 aromatic carbocycles. The molecule has 9 nitrogen and oxygen atoms in total. The van der Waals surface area contributed by atoms with E-state index in [-0.39, 0.29) is 34.3 Å². The van der Waals surface area contributed by atoms with Crippen molar-refractivity contribution in [3.05, 3.63) is 89.5 Å². The molecule has 2 aromatic rings. The normalized spacial score (nSPS) is 10.9. The predicted octanol–water partition coefficient (Wildman–Crippen LogP) is 3.08. The second-order valence-electron chi connectivity index (χ2n) is 6.14. The number of nitro groups is 1. The highest BCUT2D eigenvalue weighted by Crippen LogP contribution is 2.19. The lowest BCUT2D eigenvalue weighted by Crippen LogP contribution is -2.34. The van der Waals surface area contributed by atoms with Crippen LogP contribution in [0.3, 0.4) is 0 Å². The van der Waals surface area contributed by atoms with Crippen molar-refractivity contribution < 1.29 is 18.1 Å². The molecule has 0 atom stereocenters. The van der Waals surface area contributed by atoms with Crippen molar-refractivity contribution >= 4 is 44.6 Å². The van der Waals surface area contributed by atoms with Crippen molar-refractivity contribution in [1.82, 2.24) is 9.62 Å². The number of sulfonamides is 1. The van der Waals surface area contributed by atoms with Crippen molar-refractivity contribution in [2.24, 2.45) is 0 Å². The number of hydrogen-bond donors (Lipinski definition) is 2. The van der Waals surface area contributed by atoms with Gasteiger partial charge >= 0.3 is 0 Å². The van der Waals surface area contributed by atoms with Crippen LogP contribution in [0.25, 0.3) is 0 Å². The lowest BCUT2D eigenvalue weighted by Gasteiger charge is -2.19. The highest BCUT2D eigenvalue weighted by molar-refractivity contribution is 7.89. The molecule has 11 heteroatoms. The molecule has 0 spiro atoms. The van der Waals surface area contributed by atoms with Gasteiger partial charge in [0.15, 0.2) is 5.11 Å². The first kappa shape index (κ1) is 23.9. The van der Waals surface area contributed by atoms with Crippen LogP contribution in [0.2, 0.25) is 0 Å². The predicted molar refractivity (Wildman–Crippen MR) is 122 cm³/mol. The zero-order chi connectivity index (χ0) is 23.0. The first-order valence-electron chi connectivity index (χ1n) is 8.88. The number of nitrogens with zero attached hydrogens (tertiary/aromatic N) is 2. The summed E-state index contributed by atoms with van der Waals surface area (Å²) in [6.07, 6.45) is 2.97. The standard InChI is InChI=1S/C20H20N4O5S2/c1-3-12-23(13-4-2)31(28,29)18-10-8-16(9-11-18)21-20(30)22-19(25)15-6-5-7-17(14-15)24(26)27/h3-11,14H,1-2,12-13H2,(H2,21,22,25,30). The Balaban J connectivity index is 2.07. The van der Waals surface area contributed by atoms with E-state index in [2.05, 4.69) is 23.8 Å². The van der Waals surface area contributed by atoms with Gasteiger partial charge in [-0.15, -0.1) is 13.2 Å². The second-order valence-corrected chi connectivity index (χ2v) is 8.49. The van der Waals surface area contributed by atoms with Crippen molar-refractivity contribution in [2.45, 2.75) is 4.90 Å². The topological polar surface area (TPSA) is 122 Å². The van der Waals surface area contributed by atoms with Crippen LogP contribution in [0.4, 0.5) is 11.4 Å². The monoisotopic (exact) mass is 460 g/mol. The van der Waals surface area contributed by atoms with Gasteiger partial charge in [-0.1, -0.05) is 18.2 Å². The van der Waals surface area contributed by atoms with E-state index in [0.29, 0.717) is 5.69 Å². The number of carbonyl (C=O) groups is 1. The first-order valence-corrected chi connectivity index (χ1v) is 10.7. The lowest BCUT2D eigenvalue weighted by atomic mass is 10.2. The molecular formula is C20H20N4O5S2. The van der Waals surface area contributed by atoms with Crippen molar-refractivity contribution in [3.63, 3.8) is 0 Å². The summed E-state index contributed by atoms with van der Waals surface area (Å²) in [7, 11) is -3.73. The number of amides is 1. The maximum Gasteiger partial charge on any atom is 0.270 e. The van der Waals surface area contributed by atoms with Crippen molar-refractivity contribution in [3.8, 4) is 0 Å². The Morgan fingerprint density at radius 2 is 1.74 bits per heavy atom. The minimum Gasteiger partial charge on any atom is -0.332 e. The first-order chi connectivity index (χ1) is 14.7. The van der Waals surface area contributed by atoms with E-state index < -0.39 is 20.9 Å². The van der Waals surface area contributed by atoms with Gasteiger partial charge in [0.05, 0.1) is 9.82 Å². The van der Waals surface area contributed by atoms with Gasteiger partial charge in [-0.3, -0.25) is 20.2 Å². The van der Waals surface area contributed by atoms with E-state index in [1.54, 1.807) is 0 Å². The number of non-ortho nitro benzene ring substituents is 1. The van der Waals surface area contributed by atoms with Crippen LogP contribution in [-0.4, -0.2) is 41.8 Å². The van der Waals surface area contributed by atoms with Gasteiger partial charge in [0, 0.05) is 36.5 Å². The summed E-state index contributed by atoms with van der Waals surface area (Å²) in [5, 5.41) is 16.0. The maximum atomic E-state index is 12.7. The summed E-state index contributed by atoms with van der Waals surface area (Å²) < 4.78 is 26.6. The Bertz CT molecular complexity index is 1100. The molecular weight excluding hydrogens is 440 g/mol. The number of thiocarbonyl (C=S) groups is 1. The van der Waals surface area contributed by atoms with Crippen LogP contribution in [0, 0.1) is 10.1 Å². The summed E-state index contributed by atoms with van der Waals surface area (Å²) in [5.41, 5.74) is 0.303. The van der Waals surface area contributed by atoms with Crippen LogP contribution in [-0.2, 0) is 10.0 Å². The molecule has 0 heterocycles. The molecule has 0 aliphatic carbocycles. The fourth-order valence-electron chi connectivity index (χ4n) is 2.52. The third kappa shape index (κ3) is 6.28. The second kappa shape index (κ2) is 10.6. The molecule has 0 aliphatic heterocycles. The molecule has 162 valence electrons. The number of benzene rings is 2. The van der Waals surface area contributed by atoms with Gasteiger partial charge in [-0.25, -0.2) is 8.42 Å². The van der Waals surface area contributed by atoms with Crippen LogP contribution in [0.5, 0.6) is 0 Å². The summed E-state index contributed by atoms with van der Waals surface area (Å²) in [5.74, 6) is -0.620. The van der Waals surface area contributed by atoms with Crippen LogP contribution >= 0.6 is 12.2 Å². The SMILES string of the molecule is C=CCN(CC=C)S(=O)(=O)c1ccc(NC(=S)NC(=O)c2cccc([N+](=O)[O-])c2)cc1. The summed E-state index contributed by atoms with van der Waals surface area (Å²) in [6, 6.07) is 11.0. The zero-order valence-electron chi connectivity index (χ0n) is 16.4. The van der Waals surface area contributed by atoms with Gasteiger partial charge in [-0.2, -0.15) is 4.31 Å². The highest BCUT2D eigenvalue weighted by Gasteiger charge is 2.22. The minimum atomic E-state index is -3.73. The Labute approximate surface area is 185 Å². The van der Waals surface area contributed by atoms with Crippen LogP contribution < -0.4 is 10.6 Å². The third-order valence-corrected chi connectivity index (χ3v) is 6.01. The average Bonchev–Trinajstić information content (AvgIpc) is 2.74. The molecule has 1 amide bonds. The lowest BCUT2D eigenvalue weighted by molar-refractivity contribution is -0.384. The number of hydrogen-bond acceptors (Lipinski definition) is 6. The van der Waals surface area contributed by atoms with E-state index in [1.807, 2.05) is 0 Å². The summed E-state index contributed by atoms with van der Waals surface area (Å²) in [4.78, 5) is 22.5. The fourth-order valence-corrected chi connectivity index (χ4v) is 4.11. The Hall–Kier alpha value is -3.41. The number of anilines is 1. The zero-order valence-corrected chi connectivity index (χ0v) is 18.0. The fraction of sp³-hybridized carbons (Fsp3) is 0.100. The Morgan fingerprint density at radius 1 is 1.13 bits per heavy atom.